The van der Waals surface area contributed by atoms with E-state index in [9.17, 15) is 0 Å². The van der Waals surface area contributed by atoms with Crippen LogP contribution in [0.25, 0.3) is 11.3 Å². The molecule has 7 rings (SSSR count). The molecule has 3 aliphatic heterocycles. The SMILES string of the molecule is COc1ccc(CN2C3CC2CN(c2ccc(-c4nc(Nc5cnn(CCN(C)C)c5)ncc4Cl)cn2)C3)cn1. The topological polar surface area (TPSA) is 100 Å². The van der Waals surface area contributed by atoms with Crippen LogP contribution in [0.1, 0.15) is 12.0 Å². The molecule has 0 saturated carbocycles. The number of likely N-dealkylation sites (N-methyl/N-ethyl adjacent to an activating group) is 1. The van der Waals surface area contributed by atoms with Gasteiger partial charge in [0.1, 0.15) is 5.82 Å². The van der Waals surface area contributed by atoms with Crippen LogP contribution in [-0.4, -0.2) is 92.4 Å². The van der Waals surface area contributed by atoms with E-state index in [1.807, 2.05) is 49.5 Å². The van der Waals surface area contributed by atoms with Crippen LogP contribution in [0.3, 0.4) is 0 Å². The summed E-state index contributed by atoms with van der Waals surface area (Å²) >= 11 is 6.49. The number of nitrogens with zero attached hydrogens (tertiary/aromatic N) is 9. The van der Waals surface area contributed by atoms with Crippen LogP contribution >= 0.6 is 11.6 Å². The lowest BCUT2D eigenvalue weighted by molar-refractivity contribution is -0.00876. The standard InChI is InChI=1S/C28H33ClN10O/c1-36(2)8-9-38-16-21(13-33-38)34-28-32-14-24(29)27(35-28)20-5-6-25(30-12-20)37-17-22-10-23(18-37)39(22)15-19-4-7-26(40-3)31-11-19/h4-7,11-14,16,22-23H,8-10,15,17-18H2,1-3H3,(H,32,34,35). The van der Waals surface area contributed by atoms with Crippen LogP contribution in [0.15, 0.2) is 55.2 Å². The van der Waals surface area contributed by atoms with E-state index >= 15 is 0 Å². The van der Waals surface area contributed by atoms with Crippen molar-refractivity contribution in [3.8, 4) is 17.1 Å². The van der Waals surface area contributed by atoms with Crippen molar-refractivity contribution in [2.45, 2.75) is 31.6 Å². The second kappa shape index (κ2) is 11.4. The number of piperidine rings is 1. The fourth-order valence-electron chi connectivity index (χ4n) is 5.29. The molecule has 3 fully saturated rings. The molecule has 0 aromatic carbocycles. The van der Waals surface area contributed by atoms with E-state index < -0.39 is 0 Å². The second-order valence-electron chi connectivity index (χ2n) is 10.5. The number of fused-ring (bicyclic) bond motifs is 2. The third-order valence-electron chi connectivity index (χ3n) is 7.47. The van der Waals surface area contributed by atoms with Crippen LogP contribution in [0.5, 0.6) is 5.88 Å². The summed E-state index contributed by atoms with van der Waals surface area (Å²) in [6.45, 7) is 4.53. The number of aromatic nitrogens is 6. The van der Waals surface area contributed by atoms with Crippen molar-refractivity contribution in [1.29, 1.82) is 0 Å². The highest BCUT2D eigenvalue weighted by atomic mass is 35.5. The molecule has 12 heteroatoms. The molecule has 0 spiro atoms. The third kappa shape index (κ3) is 5.72. The Morgan fingerprint density at radius 3 is 2.58 bits per heavy atom. The molecule has 2 unspecified atom stereocenters. The average molecular weight is 561 g/mol. The van der Waals surface area contributed by atoms with Gasteiger partial charge in [-0.2, -0.15) is 5.10 Å². The van der Waals surface area contributed by atoms with Gasteiger partial charge in [0.2, 0.25) is 11.8 Å². The van der Waals surface area contributed by atoms with Crippen LogP contribution < -0.4 is 15.0 Å². The number of hydrogen-bond donors (Lipinski definition) is 1. The zero-order valence-electron chi connectivity index (χ0n) is 22.9. The van der Waals surface area contributed by atoms with Gasteiger partial charge in [-0.1, -0.05) is 17.7 Å². The largest absolute Gasteiger partial charge is 0.481 e. The molecule has 3 aliphatic rings. The quantitative estimate of drug-likeness (QED) is 0.310. The Kier molecular flexibility index (Phi) is 7.50. The first-order valence-electron chi connectivity index (χ1n) is 13.4. The minimum Gasteiger partial charge on any atom is -0.481 e. The molecule has 0 aliphatic carbocycles. The molecule has 2 bridgehead atoms. The maximum absolute atomic E-state index is 6.49. The van der Waals surface area contributed by atoms with E-state index in [-0.39, 0.29) is 0 Å². The van der Waals surface area contributed by atoms with Crippen LogP contribution in [0.4, 0.5) is 17.5 Å². The number of anilines is 3. The molecule has 208 valence electrons. The van der Waals surface area contributed by atoms with Gasteiger partial charge >= 0.3 is 0 Å². The highest BCUT2D eigenvalue weighted by Gasteiger charge is 2.44. The van der Waals surface area contributed by atoms with Crippen molar-refractivity contribution in [3.05, 3.63) is 65.8 Å². The van der Waals surface area contributed by atoms with Gasteiger partial charge in [-0.15, -0.1) is 0 Å². The first-order valence-corrected chi connectivity index (χ1v) is 13.8. The Morgan fingerprint density at radius 1 is 1.02 bits per heavy atom. The van der Waals surface area contributed by atoms with Gasteiger partial charge in [0.05, 0.1) is 42.5 Å². The molecule has 2 atom stereocenters. The number of pyridine rings is 2. The summed E-state index contributed by atoms with van der Waals surface area (Å²) in [5.74, 6) is 2.07. The molecule has 0 radical (unpaired) electrons. The lowest BCUT2D eigenvalue weighted by atomic mass is 9.87. The van der Waals surface area contributed by atoms with Crippen LogP contribution in [0, 0.1) is 0 Å². The molecule has 1 N–H and O–H groups in total. The normalized spacial score (nSPS) is 18.6. The van der Waals surface area contributed by atoms with Crippen molar-refractivity contribution in [2.75, 3.05) is 51.1 Å². The summed E-state index contributed by atoms with van der Waals surface area (Å²) in [7, 11) is 5.72. The summed E-state index contributed by atoms with van der Waals surface area (Å²) in [6.07, 6.45) is 10.3. The fourth-order valence-corrected chi connectivity index (χ4v) is 5.49. The number of nitrogens with one attached hydrogen (secondary N) is 1. The summed E-state index contributed by atoms with van der Waals surface area (Å²) in [5.41, 5.74) is 3.51. The number of piperazine rings is 1. The number of halogens is 1. The Morgan fingerprint density at radius 2 is 1.88 bits per heavy atom. The lowest BCUT2D eigenvalue weighted by Gasteiger charge is -2.56. The number of ether oxygens (including phenoxy) is 1. The molecular formula is C28H33ClN10O. The smallest absolute Gasteiger partial charge is 0.227 e. The molecule has 4 aromatic heterocycles. The Hall–Kier alpha value is -3.80. The van der Waals surface area contributed by atoms with Gasteiger partial charge in [0.25, 0.3) is 0 Å². The van der Waals surface area contributed by atoms with Crippen molar-refractivity contribution < 1.29 is 4.74 Å². The predicted molar refractivity (Wildman–Crippen MR) is 155 cm³/mol. The van der Waals surface area contributed by atoms with Crippen molar-refractivity contribution in [2.24, 2.45) is 0 Å². The zero-order chi connectivity index (χ0) is 27.6. The third-order valence-corrected chi connectivity index (χ3v) is 7.75. The Balaban J connectivity index is 1.08. The lowest BCUT2D eigenvalue weighted by Crippen LogP contribution is -2.68. The van der Waals surface area contributed by atoms with Crippen molar-refractivity contribution in [1.82, 2.24) is 39.5 Å². The summed E-state index contributed by atoms with van der Waals surface area (Å²) < 4.78 is 7.07. The van der Waals surface area contributed by atoms with Gasteiger partial charge in [-0.3, -0.25) is 9.58 Å². The van der Waals surface area contributed by atoms with Gasteiger partial charge in [0.15, 0.2) is 0 Å². The second-order valence-corrected chi connectivity index (χ2v) is 11.0. The van der Waals surface area contributed by atoms with E-state index in [1.54, 1.807) is 19.5 Å². The Labute approximate surface area is 238 Å². The summed E-state index contributed by atoms with van der Waals surface area (Å²) in [6, 6.07) is 9.13. The van der Waals surface area contributed by atoms with Crippen LogP contribution in [0.2, 0.25) is 5.02 Å². The van der Waals surface area contributed by atoms with E-state index in [4.69, 9.17) is 21.3 Å². The maximum atomic E-state index is 6.49. The Bertz CT molecular complexity index is 1430. The number of hydrogen-bond acceptors (Lipinski definition) is 10. The van der Waals surface area contributed by atoms with Gasteiger partial charge < -0.3 is 19.9 Å². The van der Waals surface area contributed by atoms with E-state index in [0.717, 1.165) is 49.8 Å². The highest BCUT2D eigenvalue weighted by molar-refractivity contribution is 6.32. The predicted octanol–water partition coefficient (Wildman–Crippen LogP) is 3.56. The van der Waals surface area contributed by atoms with E-state index in [2.05, 4.69) is 52.2 Å². The molecule has 0 amide bonds. The van der Waals surface area contributed by atoms with E-state index in [0.29, 0.717) is 34.6 Å². The van der Waals surface area contributed by atoms with Crippen LogP contribution in [-0.2, 0) is 13.1 Å². The first kappa shape index (κ1) is 26.4. The highest BCUT2D eigenvalue weighted by Crippen LogP contribution is 2.36. The van der Waals surface area contributed by atoms with Gasteiger partial charge in [0, 0.05) is 68.5 Å². The van der Waals surface area contributed by atoms with Crippen molar-refractivity contribution in [3.63, 3.8) is 0 Å². The molecule has 40 heavy (non-hydrogen) atoms. The molecule has 4 aromatic rings. The van der Waals surface area contributed by atoms with Gasteiger partial charge in [-0.25, -0.2) is 19.9 Å². The summed E-state index contributed by atoms with van der Waals surface area (Å²) in [4.78, 5) is 25.2. The zero-order valence-corrected chi connectivity index (χ0v) is 23.7. The molecule has 7 heterocycles. The summed E-state index contributed by atoms with van der Waals surface area (Å²) in [5, 5.41) is 8.10. The monoisotopic (exact) mass is 560 g/mol. The maximum Gasteiger partial charge on any atom is 0.227 e. The molecule has 3 saturated heterocycles. The minimum atomic E-state index is 0.457. The molecular weight excluding hydrogens is 528 g/mol. The fraction of sp³-hybridized carbons (Fsp3) is 0.393. The number of methoxy groups -OCH3 is 1. The van der Waals surface area contributed by atoms with Gasteiger partial charge in [-0.05, 0) is 38.2 Å². The molecule has 11 nitrogen and oxygen atoms in total. The average Bonchev–Trinajstić information content (AvgIpc) is 3.43. The number of rotatable bonds is 10. The van der Waals surface area contributed by atoms with E-state index in [1.165, 1.54) is 12.0 Å². The van der Waals surface area contributed by atoms with Crippen molar-refractivity contribution >= 4 is 29.1 Å². The first-order chi connectivity index (χ1) is 19.4. The minimum absolute atomic E-state index is 0.457.